The molecule has 0 spiro atoms. The molecule has 1 unspecified atom stereocenters. The van der Waals surface area contributed by atoms with E-state index in [1.807, 2.05) is 27.7 Å². The van der Waals surface area contributed by atoms with E-state index >= 15 is 0 Å². The molecule has 2 amide bonds. The van der Waals surface area contributed by atoms with Gasteiger partial charge >= 0.3 is 6.09 Å². The number of nitrogens with one attached hydrogen (secondary N) is 2. The number of carbonyl (C=O) groups is 2. The minimum absolute atomic E-state index is 0.0665. The Bertz CT molecular complexity index is 287. The topological polar surface area (TPSA) is 76.7 Å². The van der Waals surface area contributed by atoms with E-state index in [1.165, 1.54) is 7.11 Å². The van der Waals surface area contributed by atoms with Crippen LogP contribution in [0.3, 0.4) is 0 Å². The molecule has 0 aliphatic carbocycles. The lowest BCUT2D eigenvalue weighted by atomic mass is 10.1. The van der Waals surface area contributed by atoms with Crippen molar-refractivity contribution in [3.8, 4) is 0 Å². The van der Waals surface area contributed by atoms with Crippen molar-refractivity contribution in [3.63, 3.8) is 0 Å². The Morgan fingerprint density at radius 2 is 1.89 bits per heavy atom. The predicted molar refractivity (Wildman–Crippen MR) is 72.7 cm³/mol. The maximum Gasteiger partial charge on any atom is 0.407 e. The molecule has 0 aliphatic rings. The van der Waals surface area contributed by atoms with E-state index in [2.05, 4.69) is 10.6 Å². The van der Waals surface area contributed by atoms with Crippen molar-refractivity contribution in [1.29, 1.82) is 0 Å². The van der Waals surface area contributed by atoms with Crippen molar-refractivity contribution in [2.45, 2.75) is 58.6 Å². The molecule has 6 heteroatoms. The second-order valence-corrected chi connectivity index (χ2v) is 5.32. The normalized spacial score (nSPS) is 12.7. The van der Waals surface area contributed by atoms with Gasteiger partial charge in [-0.05, 0) is 33.6 Å². The zero-order valence-corrected chi connectivity index (χ0v) is 12.5. The number of rotatable bonds is 7. The summed E-state index contributed by atoms with van der Waals surface area (Å²) >= 11 is 0. The maximum absolute atomic E-state index is 11.6. The Morgan fingerprint density at radius 1 is 1.26 bits per heavy atom. The van der Waals surface area contributed by atoms with Gasteiger partial charge in [0.1, 0.15) is 12.3 Å². The largest absolute Gasteiger partial charge is 0.444 e. The minimum atomic E-state index is -0.516. The van der Waals surface area contributed by atoms with Gasteiger partial charge in [0.2, 0.25) is 5.91 Å². The van der Waals surface area contributed by atoms with Gasteiger partial charge in [0, 0.05) is 19.6 Å². The van der Waals surface area contributed by atoms with Crippen LogP contribution >= 0.6 is 0 Å². The molecule has 0 heterocycles. The summed E-state index contributed by atoms with van der Waals surface area (Å²) in [4.78, 5) is 23.0. The Morgan fingerprint density at radius 3 is 2.37 bits per heavy atom. The van der Waals surface area contributed by atoms with Crippen molar-refractivity contribution < 1.29 is 19.1 Å². The number of alkyl carbamates (subject to hydrolysis) is 1. The summed E-state index contributed by atoms with van der Waals surface area (Å²) in [5.41, 5.74) is -0.516. The van der Waals surface area contributed by atoms with Crippen LogP contribution in [0.4, 0.5) is 4.79 Å². The number of hydrogen-bond donors (Lipinski definition) is 2. The molecule has 0 aromatic carbocycles. The molecule has 0 radical (unpaired) electrons. The van der Waals surface area contributed by atoms with Gasteiger partial charge in [0.25, 0.3) is 0 Å². The first-order chi connectivity index (χ1) is 8.78. The summed E-state index contributed by atoms with van der Waals surface area (Å²) in [6, 6.07) is -0.0665. The lowest BCUT2D eigenvalue weighted by Crippen LogP contribution is -2.39. The molecule has 6 nitrogen and oxygen atoms in total. The van der Waals surface area contributed by atoms with Crippen LogP contribution in [0.1, 0.15) is 47.0 Å². The number of hydrogen-bond acceptors (Lipinski definition) is 4. The van der Waals surface area contributed by atoms with Crippen molar-refractivity contribution in [1.82, 2.24) is 10.6 Å². The fourth-order valence-corrected chi connectivity index (χ4v) is 1.40. The van der Waals surface area contributed by atoms with Crippen molar-refractivity contribution in [2.75, 3.05) is 13.8 Å². The second kappa shape index (κ2) is 8.74. The monoisotopic (exact) mass is 274 g/mol. The highest BCUT2D eigenvalue weighted by Gasteiger charge is 2.19. The first-order valence-electron chi connectivity index (χ1n) is 6.53. The van der Waals surface area contributed by atoms with Crippen molar-refractivity contribution in [3.05, 3.63) is 0 Å². The van der Waals surface area contributed by atoms with Crippen LogP contribution in [0.2, 0.25) is 0 Å². The average molecular weight is 274 g/mol. The standard InChI is InChI=1S/C13H26N2O4/c1-6-10(7-8-11(16)14-9-18-5)15-12(17)19-13(2,3)4/h10H,6-9H2,1-5H3,(H,14,16)(H,15,17). The molecular weight excluding hydrogens is 248 g/mol. The van der Waals surface area contributed by atoms with Gasteiger partial charge in [0.05, 0.1) is 0 Å². The summed E-state index contributed by atoms with van der Waals surface area (Å²) in [5, 5.41) is 5.36. The molecule has 0 rings (SSSR count). The van der Waals surface area contributed by atoms with E-state index in [-0.39, 0.29) is 18.7 Å². The van der Waals surface area contributed by atoms with Crippen LogP contribution in [0.15, 0.2) is 0 Å². The molecule has 0 bridgehead atoms. The van der Waals surface area contributed by atoms with Gasteiger partial charge in [-0.2, -0.15) is 0 Å². The molecule has 0 saturated heterocycles. The van der Waals surface area contributed by atoms with Crippen molar-refractivity contribution >= 4 is 12.0 Å². The van der Waals surface area contributed by atoms with Gasteiger partial charge in [0.15, 0.2) is 0 Å². The van der Waals surface area contributed by atoms with E-state index in [0.29, 0.717) is 12.8 Å². The fourth-order valence-electron chi connectivity index (χ4n) is 1.40. The van der Waals surface area contributed by atoms with E-state index < -0.39 is 11.7 Å². The van der Waals surface area contributed by atoms with Crippen LogP contribution in [0.5, 0.6) is 0 Å². The molecular formula is C13H26N2O4. The Balaban J connectivity index is 4.01. The van der Waals surface area contributed by atoms with Crippen molar-refractivity contribution in [2.24, 2.45) is 0 Å². The summed E-state index contributed by atoms with van der Waals surface area (Å²) in [6.07, 6.45) is 1.22. The number of ether oxygens (including phenoxy) is 2. The molecule has 0 aromatic heterocycles. The predicted octanol–water partition coefficient (Wildman–Crippen LogP) is 1.79. The lowest BCUT2D eigenvalue weighted by Gasteiger charge is -2.23. The van der Waals surface area contributed by atoms with Crippen LogP contribution < -0.4 is 10.6 Å². The number of amides is 2. The lowest BCUT2D eigenvalue weighted by molar-refractivity contribution is -0.122. The van der Waals surface area contributed by atoms with E-state index in [1.54, 1.807) is 0 Å². The molecule has 2 N–H and O–H groups in total. The Hall–Kier alpha value is -1.30. The van der Waals surface area contributed by atoms with E-state index in [9.17, 15) is 9.59 Å². The van der Waals surface area contributed by atoms with Gasteiger partial charge in [-0.15, -0.1) is 0 Å². The Kier molecular flexibility index (Phi) is 8.14. The zero-order chi connectivity index (χ0) is 14.9. The fraction of sp³-hybridized carbons (Fsp3) is 0.846. The van der Waals surface area contributed by atoms with E-state index in [4.69, 9.17) is 9.47 Å². The molecule has 0 saturated carbocycles. The van der Waals surface area contributed by atoms with Crippen LogP contribution in [0, 0.1) is 0 Å². The number of methoxy groups -OCH3 is 1. The molecule has 0 aliphatic heterocycles. The molecule has 0 aromatic rings. The summed E-state index contributed by atoms with van der Waals surface area (Å²) in [6.45, 7) is 7.59. The smallest absolute Gasteiger partial charge is 0.407 e. The third kappa shape index (κ3) is 10.3. The third-order valence-electron chi connectivity index (χ3n) is 2.35. The third-order valence-corrected chi connectivity index (χ3v) is 2.35. The SMILES string of the molecule is CCC(CCC(=O)NCOC)NC(=O)OC(C)(C)C. The summed E-state index contributed by atoms with van der Waals surface area (Å²) in [7, 11) is 1.51. The van der Waals surface area contributed by atoms with Gasteiger partial charge in [-0.1, -0.05) is 6.92 Å². The summed E-state index contributed by atoms with van der Waals surface area (Å²) < 4.78 is 9.91. The quantitative estimate of drug-likeness (QED) is 0.694. The van der Waals surface area contributed by atoms with Crippen LogP contribution in [0.25, 0.3) is 0 Å². The first kappa shape index (κ1) is 17.7. The number of carbonyl (C=O) groups excluding carboxylic acids is 2. The van der Waals surface area contributed by atoms with Crippen LogP contribution in [-0.4, -0.2) is 37.5 Å². The second-order valence-electron chi connectivity index (χ2n) is 5.32. The van der Waals surface area contributed by atoms with Gasteiger partial charge < -0.3 is 20.1 Å². The Labute approximate surface area is 115 Å². The van der Waals surface area contributed by atoms with Crippen LogP contribution in [-0.2, 0) is 14.3 Å². The molecule has 19 heavy (non-hydrogen) atoms. The molecule has 1 atom stereocenters. The average Bonchev–Trinajstić information content (AvgIpc) is 2.29. The highest BCUT2D eigenvalue weighted by molar-refractivity contribution is 5.75. The highest BCUT2D eigenvalue weighted by Crippen LogP contribution is 2.08. The molecule has 112 valence electrons. The maximum atomic E-state index is 11.6. The zero-order valence-electron chi connectivity index (χ0n) is 12.5. The van der Waals surface area contributed by atoms with E-state index in [0.717, 1.165) is 6.42 Å². The first-order valence-corrected chi connectivity index (χ1v) is 6.53. The van der Waals surface area contributed by atoms with Gasteiger partial charge in [-0.25, -0.2) is 4.79 Å². The molecule has 0 fully saturated rings. The highest BCUT2D eigenvalue weighted by atomic mass is 16.6. The summed E-state index contributed by atoms with van der Waals surface area (Å²) in [5.74, 6) is -0.0914. The minimum Gasteiger partial charge on any atom is -0.444 e. The van der Waals surface area contributed by atoms with Gasteiger partial charge in [-0.3, -0.25) is 4.79 Å².